The van der Waals surface area contributed by atoms with Crippen LogP contribution in [-0.4, -0.2) is 37.4 Å². The van der Waals surface area contributed by atoms with Gasteiger partial charge in [0, 0.05) is 24.3 Å². The van der Waals surface area contributed by atoms with E-state index >= 15 is 0 Å². The smallest absolute Gasteiger partial charge is 0.0572 e. The highest BCUT2D eigenvalue weighted by molar-refractivity contribution is 6.38. The number of nitrogens with zero attached hydrogens (tertiary/aromatic N) is 3. The van der Waals surface area contributed by atoms with Gasteiger partial charge in [0.15, 0.2) is 0 Å². The molecule has 1 aliphatic rings. The summed E-state index contributed by atoms with van der Waals surface area (Å²) < 4.78 is 0. The lowest BCUT2D eigenvalue weighted by Crippen LogP contribution is -2.44. The largest absolute Gasteiger partial charge is 0.368 e. The Morgan fingerprint density at radius 3 is 2.09 bits per heavy atom. The highest BCUT2D eigenvalue weighted by Crippen LogP contribution is 2.22. The molecular weight excluding hydrogens is 317 g/mol. The molecule has 0 bridgehead atoms. The van der Waals surface area contributed by atoms with Gasteiger partial charge in [0.1, 0.15) is 0 Å². The van der Waals surface area contributed by atoms with Crippen LogP contribution in [-0.2, 0) is 0 Å². The predicted molar refractivity (Wildman–Crippen MR) is 94.3 cm³/mol. The van der Waals surface area contributed by atoms with Crippen molar-refractivity contribution in [3.63, 3.8) is 0 Å². The van der Waals surface area contributed by atoms with E-state index in [1.54, 1.807) is 6.21 Å². The summed E-state index contributed by atoms with van der Waals surface area (Å²) in [7, 11) is 0. The maximum atomic E-state index is 6.15. The van der Waals surface area contributed by atoms with E-state index in [0.29, 0.717) is 10.0 Å². The summed E-state index contributed by atoms with van der Waals surface area (Å²) in [5.74, 6) is 0. The number of benzene rings is 2. The Hall–Kier alpha value is -1.71. The second kappa shape index (κ2) is 7.03. The van der Waals surface area contributed by atoms with E-state index in [2.05, 4.69) is 39.3 Å². The lowest BCUT2D eigenvalue weighted by molar-refractivity contribution is 0.272. The van der Waals surface area contributed by atoms with Gasteiger partial charge in [-0.1, -0.05) is 47.5 Å². The first kappa shape index (κ1) is 15.2. The van der Waals surface area contributed by atoms with E-state index in [0.717, 1.165) is 31.7 Å². The molecule has 1 heterocycles. The van der Waals surface area contributed by atoms with Crippen molar-refractivity contribution in [2.24, 2.45) is 5.10 Å². The summed E-state index contributed by atoms with van der Waals surface area (Å²) in [5.41, 5.74) is 2.04. The minimum Gasteiger partial charge on any atom is -0.368 e. The van der Waals surface area contributed by atoms with Gasteiger partial charge >= 0.3 is 0 Å². The lowest BCUT2D eigenvalue weighted by atomic mass is 10.2. The molecule has 0 atom stereocenters. The summed E-state index contributed by atoms with van der Waals surface area (Å²) in [6.45, 7) is 3.68. The van der Waals surface area contributed by atoms with Crippen molar-refractivity contribution in [2.75, 3.05) is 31.1 Å². The molecule has 0 unspecified atom stereocenters. The Bertz CT molecular complexity index is 630. The van der Waals surface area contributed by atoms with Crippen LogP contribution < -0.4 is 4.90 Å². The molecule has 22 heavy (non-hydrogen) atoms. The summed E-state index contributed by atoms with van der Waals surface area (Å²) in [4.78, 5) is 2.37. The van der Waals surface area contributed by atoms with E-state index in [9.17, 15) is 0 Å². The van der Waals surface area contributed by atoms with Crippen molar-refractivity contribution < 1.29 is 0 Å². The van der Waals surface area contributed by atoms with Crippen LogP contribution in [0.4, 0.5) is 5.69 Å². The van der Waals surface area contributed by atoms with Gasteiger partial charge in [-0.15, -0.1) is 0 Å². The van der Waals surface area contributed by atoms with Crippen LogP contribution in [0.15, 0.2) is 53.6 Å². The average Bonchev–Trinajstić information content (AvgIpc) is 2.56. The van der Waals surface area contributed by atoms with Crippen molar-refractivity contribution in [1.82, 2.24) is 5.01 Å². The van der Waals surface area contributed by atoms with E-state index in [-0.39, 0.29) is 0 Å². The molecule has 0 N–H and O–H groups in total. The fourth-order valence-electron chi connectivity index (χ4n) is 2.48. The van der Waals surface area contributed by atoms with Crippen LogP contribution in [0.2, 0.25) is 10.0 Å². The maximum Gasteiger partial charge on any atom is 0.0572 e. The zero-order valence-electron chi connectivity index (χ0n) is 12.1. The first-order valence-electron chi connectivity index (χ1n) is 7.27. The first-order valence-corrected chi connectivity index (χ1v) is 8.02. The van der Waals surface area contributed by atoms with Gasteiger partial charge in [0.25, 0.3) is 0 Å². The Morgan fingerprint density at radius 1 is 0.818 bits per heavy atom. The van der Waals surface area contributed by atoms with Crippen molar-refractivity contribution in [3.8, 4) is 0 Å². The molecule has 1 fully saturated rings. The molecule has 0 spiro atoms. The number of rotatable bonds is 3. The second-order valence-corrected chi connectivity index (χ2v) is 5.97. The molecule has 0 amide bonds. The molecule has 0 aromatic heterocycles. The predicted octanol–water partition coefficient (Wildman–Crippen LogP) is 4.15. The van der Waals surface area contributed by atoms with Crippen molar-refractivity contribution in [1.29, 1.82) is 0 Å². The third kappa shape index (κ3) is 3.54. The quantitative estimate of drug-likeness (QED) is 0.786. The number of para-hydroxylation sites is 1. The number of hydrogen-bond donors (Lipinski definition) is 0. The molecule has 0 saturated carbocycles. The van der Waals surface area contributed by atoms with Crippen LogP contribution in [0.5, 0.6) is 0 Å². The maximum absolute atomic E-state index is 6.15. The van der Waals surface area contributed by atoms with Crippen LogP contribution in [0.3, 0.4) is 0 Å². The Balaban J connectivity index is 1.61. The van der Waals surface area contributed by atoms with E-state index in [4.69, 9.17) is 23.2 Å². The normalized spacial score (nSPS) is 15.5. The topological polar surface area (TPSA) is 18.8 Å². The monoisotopic (exact) mass is 333 g/mol. The van der Waals surface area contributed by atoms with E-state index < -0.39 is 0 Å². The van der Waals surface area contributed by atoms with Crippen molar-refractivity contribution in [3.05, 3.63) is 64.1 Å². The first-order chi connectivity index (χ1) is 10.7. The number of halogens is 2. The molecular formula is C17H17Cl2N3. The number of anilines is 1. The number of piperazine rings is 1. The van der Waals surface area contributed by atoms with Crippen LogP contribution in [0, 0.1) is 0 Å². The standard InChI is InChI=1S/C17H17Cl2N3/c18-16-7-4-8-17(19)15(16)13-20-22-11-9-21(10-12-22)14-5-2-1-3-6-14/h1-8,13H,9-12H2/b20-13-. The summed E-state index contributed by atoms with van der Waals surface area (Å²) >= 11 is 12.3. The van der Waals surface area contributed by atoms with Gasteiger partial charge in [0.05, 0.1) is 29.3 Å². The summed E-state index contributed by atoms with van der Waals surface area (Å²) in [6, 6.07) is 15.9. The SMILES string of the molecule is Clc1cccc(Cl)c1/C=N\N1CCN(c2ccccc2)CC1. The van der Waals surface area contributed by atoms with Crippen molar-refractivity contribution >= 4 is 35.1 Å². The van der Waals surface area contributed by atoms with Crippen LogP contribution in [0.25, 0.3) is 0 Å². The van der Waals surface area contributed by atoms with E-state index in [1.165, 1.54) is 5.69 Å². The molecule has 0 radical (unpaired) electrons. The second-order valence-electron chi connectivity index (χ2n) is 5.16. The Morgan fingerprint density at radius 2 is 1.45 bits per heavy atom. The van der Waals surface area contributed by atoms with Gasteiger partial charge in [-0.05, 0) is 24.3 Å². The molecule has 2 aromatic carbocycles. The lowest BCUT2D eigenvalue weighted by Gasteiger charge is -2.34. The molecule has 1 aliphatic heterocycles. The highest BCUT2D eigenvalue weighted by Gasteiger charge is 2.15. The fourth-order valence-corrected chi connectivity index (χ4v) is 2.98. The molecule has 3 rings (SSSR count). The van der Waals surface area contributed by atoms with Gasteiger partial charge in [-0.25, -0.2) is 0 Å². The fraction of sp³-hybridized carbons (Fsp3) is 0.235. The molecule has 2 aromatic rings. The summed E-state index contributed by atoms with van der Waals surface area (Å²) in [5, 5.41) is 7.82. The van der Waals surface area contributed by atoms with Gasteiger partial charge < -0.3 is 4.90 Å². The van der Waals surface area contributed by atoms with Crippen molar-refractivity contribution in [2.45, 2.75) is 0 Å². The third-order valence-corrected chi connectivity index (χ3v) is 4.39. The molecule has 3 nitrogen and oxygen atoms in total. The molecule has 0 aliphatic carbocycles. The number of hydrazone groups is 1. The zero-order chi connectivity index (χ0) is 15.4. The Kier molecular flexibility index (Phi) is 4.86. The van der Waals surface area contributed by atoms with Crippen LogP contribution >= 0.6 is 23.2 Å². The van der Waals surface area contributed by atoms with Gasteiger partial charge in [-0.3, -0.25) is 5.01 Å². The van der Waals surface area contributed by atoms with Gasteiger partial charge in [-0.2, -0.15) is 5.10 Å². The molecule has 1 saturated heterocycles. The summed E-state index contributed by atoms with van der Waals surface area (Å²) in [6.07, 6.45) is 1.75. The third-order valence-electron chi connectivity index (χ3n) is 3.73. The van der Waals surface area contributed by atoms with E-state index in [1.807, 2.05) is 24.3 Å². The Labute approximate surface area is 140 Å². The molecule has 5 heteroatoms. The number of hydrogen-bond acceptors (Lipinski definition) is 3. The minimum absolute atomic E-state index is 0.624. The van der Waals surface area contributed by atoms with Gasteiger partial charge in [0.2, 0.25) is 0 Å². The van der Waals surface area contributed by atoms with Crippen LogP contribution in [0.1, 0.15) is 5.56 Å². The average molecular weight is 334 g/mol. The zero-order valence-corrected chi connectivity index (χ0v) is 13.6. The highest BCUT2D eigenvalue weighted by atomic mass is 35.5. The molecule has 114 valence electrons. The minimum atomic E-state index is 0.624.